The zero-order valence-electron chi connectivity index (χ0n) is 19.5. The van der Waals surface area contributed by atoms with Gasteiger partial charge >= 0.3 is 6.36 Å². The number of alkyl halides is 3. The fourth-order valence-corrected chi connectivity index (χ4v) is 4.04. The molecule has 36 heavy (non-hydrogen) atoms. The molecule has 3 aromatic rings. The van der Waals surface area contributed by atoms with Crippen LogP contribution in [-0.2, 0) is 9.59 Å². The minimum absolute atomic E-state index is 0.0184. The smallest absolute Gasteiger partial charge is 0.503 e. The third kappa shape index (κ3) is 4.95. The Kier molecular flexibility index (Phi) is 6.57. The molecule has 0 saturated carbocycles. The molecule has 1 atom stereocenters. The Balaban J connectivity index is 1.83. The predicted octanol–water partition coefficient (Wildman–Crippen LogP) is 5.46. The Bertz CT molecular complexity index is 1330. The lowest BCUT2D eigenvalue weighted by atomic mass is 9.91. The number of anilines is 1. The third-order valence-corrected chi connectivity index (χ3v) is 5.47. The van der Waals surface area contributed by atoms with Gasteiger partial charge in [0.25, 0.3) is 5.91 Å². The van der Waals surface area contributed by atoms with Crippen molar-refractivity contribution in [3.63, 3.8) is 0 Å². The van der Waals surface area contributed by atoms with Gasteiger partial charge in [0.2, 0.25) is 11.7 Å². The maximum Gasteiger partial charge on any atom is 0.573 e. The van der Waals surface area contributed by atoms with E-state index in [1.165, 1.54) is 30.3 Å². The number of aliphatic hydroxyl groups excluding tert-OH is 1. The van der Waals surface area contributed by atoms with E-state index in [0.717, 1.165) is 11.0 Å². The maximum absolute atomic E-state index is 13.2. The van der Waals surface area contributed by atoms with E-state index in [1.54, 1.807) is 32.9 Å². The molecular weight excluding hydrogens is 479 g/mol. The molecule has 0 fully saturated rings. The third-order valence-electron chi connectivity index (χ3n) is 5.47. The molecule has 1 amide bonds. The van der Waals surface area contributed by atoms with E-state index in [1.807, 2.05) is 0 Å². The molecule has 1 aromatic heterocycles. The number of halogens is 3. The molecule has 11 heteroatoms. The Hall–Kier alpha value is -4.15. The van der Waals surface area contributed by atoms with Crippen LogP contribution in [0.2, 0.25) is 0 Å². The van der Waals surface area contributed by atoms with Gasteiger partial charge in [-0.3, -0.25) is 14.5 Å². The lowest BCUT2D eigenvalue weighted by Crippen LogP contribution is -2.32. The number of hydrogen-bond donors (Lipinski definition) is 1. The number of carbonyl (C=O) groups is 2. The molecule has 1 aliphatic rings. The first kappa shape index (κ1) is 25.0. The summed E-state index contributed by atoms with van der Waals surface area (Å²) in [7, 11) is 0. The number of aromatic nitrogens is 2. The number of ether oxygens (including phenoxy) is 1. The number of benzene rings is 2. The summed E-state index contributed by atoms with van der Waals surface area (Å²) in [6, 6.07) is 10.1. The molecule has 0 radical (unpaired) electrons. The molecule has 1 aliphatic heterocycles. The number of Topliss-reactive ketones (excluding diaryl/α,β-unsaturated/α-hetero) is 1. The SMILES string of the molecule is Cc1nc(-c2ccc(N3C(=O)C(O)=C(C(=O)CC(C)C)C3c3ccccc3OC(F)(F)F)cc2)no1. The summed E-state index contributed by atoms with van der Waals surface area (Å²) >= 11 is 0. The quantitative estimate of drug-likeness (QED) is 0.458. The Morgan fingerprint density at radius 2 is 1.83 bits per heavy atom. The van der Waals surface area contributed by atoms with Gasteiger partial charge in [-0.2, -0.15) is 4.98 Å². The highest BCUT2D eigenvalue weighted by Gasteiger charge is 2.46. The first-order valence-electron chi connectivity index (χ1n) is 11.0. The average Bonchev–Trinajstić information content (AvgIpc) is 3.34. The second-order valence-corrected chi connectivity index (χ2v) is 8.63. The van der Waals surface area contributed by atoms with Crippen LogP contribution in [0.5, 0.6) is 5.75 Å². The van der Waals surface area contributed by atoms with Crippen molar-refractivity contribution in [1.82, 2.24) is 10.1 Å². The molecule has 188 valence electrons. The van der Waals surface area contributed by atoms with Gasteiger partial charge in [0.1, 0.15) is 5.75 Å². The molecule has 8 nitrogen and oxygen atoms in total. The lowest BCUT2D eigenvalue weighted by Gasteiger charge is -2.28. The number of rotatable bonds is 7. The van der Waals surface area contributed by atoms with Gasteiger partial charge < -0.3 is 14.4 Å². The van der Waals surface area contributed by atoms with Crippen molar-refractivity contribution >= 4 is 17.4 Å². The summed E-state index contributed by atoms with van der Waals surface area (Å²) in [5, 5.41) is 14.6. The topological polar surface area (TPSA) is 106 Å². The number of amides is 1. The summed E-state index contributed by atoms with van der Waals surface area (Å²) in [6.45, 7) is 5.18. The van der Waals surface area contributed by atoms with Crippen molar-refractivity contribution in [3.8, 4) is 17.1 Å². The monoisotopic (exact) mass is 501 g/mol. The number of carbonyl (C=O) groups excluding carboxylic acids is 2. The first-order valence-corrected chi connectivity index (χ1v) is 11.0. The zero-order chi connectivity index (χ0) is 26.2. The maximum atomic E-state index is 13.2. The van der Waals surface area contributed by atoms with E-state index in [9.17, 15) is 27.9 Å². The van der Waals surface area contributed by atoms with Crippen LogP contribution in [-0.4, -0.2) is 33.3 Å². The fraction of sp³-hybridized carbons (Fsp3) is 0.280. The van der Waals surface area contributed by atoms with E-state index < -0.39 is 35.6 Å². The number of aryl methyl sites for hydroxylation is 1. The highest BCUT2D eigenvalue weighted by atomic mass is 19.4. The number of ketones is 1. The van der Waals surface area contributed by atoms with E-state index in [0.29, 0.717) is 17.3 Å². The number of para-hydroxylation sites is 1. The molecule has 1 unspecified atom stereocenters. The largest absolute Gasteiger partial charge is 0.573 e. The van der Waals surface area contributed by atoms with E-state index in [-0.39, 0.29) is 29.2 Å². The second-order valence-electron chi connectivity index (χ2n) is 8.63. The Morgan fingerprint density at radius 3 is 2.42 bits per heavy atom. The summed E-state index contributed by atoms with van der Waals surface area (Å²) in [5.41, 5.74) is 0.407. The van der Waals surface area contributed by atoms with Crippen LogP contribution in [0.3, 0.4) is 0 Å². The van der Waals surface area contributed by atoms with Crippen molar-refractivity contribution in [1.29, 1.82) is 0 Å². The van der Waals surface area contributed by atoms with Crippen LogP contribution < -0.4 is 9.64 Å². The van der Waals surface area contributed by atoms with Gasteiger partial charge in [0, 0.05) is 30.2 Å². The van der Waals surface area contributed by atoms with Crippen molar-refractivity contribution in [2.75, 3.05) is 4.90 Å². The molecule has 2 aromatic carbocycles. The first-order chi connectivity index (χ1) is 17.0. The van der Waals surface area contributed by atoms with Crippen LogP contribution in [0.25, 0.3) is 11.4 Å². The van der Waals surface area contributed by atoms with Gasteiger partial charge in [-0.05, 0) is 36.2 Å². The van der Waals surface area contributed by atoms with E-state index >= 15 is 0 Å². The Morgan fingerprint density at radius 1 is 1.17 bits per heavy atom. The molecule has 0 aliphatic carbocycles. The van der Waals surface area contributed by atoms with Crippen LogP contribution in [0.1, 0.15) is 37.8 Å². The normalized spacial score (nSPS) is 16.2. The van der Waals surface area contributed by atoms with Crippen molar-refractivity contribution < 1.29 is 37.1 Å². The standard InChI is InChI=1S/C25H22F3N3O5/c1-13(2)12-18(32)20-21(17-6-4-5-7-19(17)35-25(26,27)28)31(24(34)22(20)33)16-10-8-15(9-11-16)23-29-14(3)36-30-23/h4-11,13,21,33H,12H2,1-3H3. The molecule has 4 rings (SSSR count). The van der Waals surface area contributed by atoms with Gasteiger partial charge in [0.05, 0.1) is 11.6 Å². The highest BCUT2D eigenvalue weighted by molar-refractivity contribution is 6.16. The van der Waals surface area contributed by atoms with Crippen LogP contribution in [0.15, 0.2) is 64.4 Å². The molecule has 1 N–H and O–H groups in total. The molecule has 0 bridgehead atoms. The van der Waals surface area contributed by atoms with Gasteiger partial charge in [-0.1, -0.05) is 37.2 Å². The fourth-order valence-electron chi connectivity index (χ4n) is 4.04. The number of aliphatic hydroxyl groups is 1. The minimum Gasteiger partial charge on any atom is -0.503 e. The summed E-state index contributed by atoms with van der Waals surface area (Å²) in [6.07, 6.45) is -5.03. The van der Waals surface area contributed by atoms with Crippen LogP contribution >= 0.6 is 0 Å². The van der Waals surface area contributed by atoms with Crippen LogP contribution in [0.4, 0.5) is 18.9 Å². The number of nitrogens with zero attached hydrogens (tertiary/aromatic N) is 3. The zero-order valence-corrected chi connectivity index (χ0v) is 19.5. The summed E-state index contributed by atoms with van der Waals surface area (Å²) in [4.78, 5) is 31.5. The lowest BCUT2D eigenvalue weighted by molar-refractivity contribution is -0.274. The molecular formula is C25H22F3N3O5. The van der Waals surface area contributed by atoms with Gasteiger partial charge in [-0.15, -0.1) is 13.2 Å². The minimum atomic E-state index is -5.01. The predicted molar refractivity (Wildman–Crippen MR) is 122 cm³/mol. The van der Waals surface area contributed by atoms with Crippen molar-refractivity contribution in [2.24, 2.45) is 5.92 Å². The number of hydrogen-bond acceptors (Lipinski definition) is 7. The van der Waals surface area contributed by atoms with Crippen molar-refractivity contribution in [2.45, 2.75) is 39.6 Å². The van der Waals surface area contributed by atoms with E-state index in [4.69, 9.17) is 4.52 Å². The summed E-state index contributed by atoms with van der Waals surface area (Å²) in [5.74, 6) is -2.33. The van der Waals surface area contributed by atoms with Gasteiger partial charge in [-0.25, -0.2) is 0 Å². The van der Waals surface area contributed by atoms with E-state index in [2.05, 4.69) is 14.9 Å². The molecule has 2 heterocycles. The van der Waals surface area contributed by atoms with Crippen molar-refractivity contribution in [3.05, 3.63) is 71.3 Å². The highest BCUT2D eigenvalue weighted by Crippen LogP contribution is 2.45. The Labute approximate surface area is 204 Å². The second kappa shape index (κ2) is 9.48. The molecule has 0 saturated heterocycles. The average molecular weight is 501 g/mol. The van der Waals surface area contributed by atoms with Crippen LogP contribution in [0, 0.1) is 12.8 Å². The van der Waals surface area contributed by atoms with Gasteiger partial charge in [0.15, 0.2) is 11.5 Å². The molecule has 0 spiro atoms. The summed E-state index contributed by atoms with van der Waals surface area (Å²) < 4.78 is 48.7.